The summed E-state index contributed by atoms with van der Waals surface area (Å²) in [6, 6.07) is 7.01. The van der Waals surface area contributed by atoms with Crippen LogP contribution < -0.4 is 16.0 Å². The number of aliphatic carboxylic acids is 1. The van der Waals surface area contributed by atoms with Gasteiger partial charge < -0.3 is 20.1 Å². The maximum absolute atomic E-state index is 12.3. The predicted molar refractivity (Wildman–Crippen MR) is 79.8 cm³/mol. The number of aryl methyl sites for hydroxylation is 1. The zero-order chi connectivity index (χ0) is 15.4. The van der Waals surface area contributed by atoms with Crippen LogP contribution in [0.3, 0.4) is 0 Å². The first-order valence-corrected chi connectivity index (χ1v) is 6.78. The van der Waals surface area contributed by atoms with Crippen LogP contribution in [0.4, 0.5) is 0 Å². The summed E-state index contributed by atoms with van der Waals surface area (Å²) in [5.74, 6) is -0.377. The molecule has 0 saturated heterocycles. The van der Waals surface area contributed by atoms with E-state index < -0.39 is 5.97 Å². The Labute approximate surface area is 121 Å². The molecule has 1 heterocycles. The molecule has 1 aromatic carbocycles. The number of hydrogen-bond acceptors (Lipinski definition) is 4. The van der Waals surface area contributed by atoms with Crippen LogP contribution in [0, 0.1) is 0 Å². The minimum Gasteiger partial charge on any atom is -0.492 e. The van der Waals surface area contributed by atoms with Gasteiger partial charge in [-0.3, -0.25) is 9.59 Å². The fourth-order valence-corrected chi connectivity index (χ4v) is 2.28. The second-order valence-electron chi connectivity index (χ2n) is 4.65. The molecule has 0 amide bonds. The SMILES string of the molecule is CCn1c(=O)c(CC(=O)O)cc2ccc(OCCN)cc21. The standard InChI is InChI=1S/C15H18N2O4/c1-2-17-13-9-12(21-6-5-16)4-3-10(13)7-11(15(17)20)8-14(18)19/h3-4,7,9H,2,5-6,8,16H2,1H3,(H,18,19). The number of carboxylic acid groups (broad SMARTS) is 1. The number of hydrogen-bond donors (Lipinski definition) is 2. The van der Waals surface area contributed by atoms with Crippen LogP contribution in [0.5, 0.6) is 5.75 Å². The van der Waals surface area contributed by atoms with Gasteiger partial charge in [-0.15, -0.1) is 0 Å². The van der Waals surface area contributed by atoms with Crippen LogP contribution in [-0.2, 0) is 17.8 Å². The maximum Gasteiger partial charge on any atom is 0.308 e. The molecule has 21 heavy (non-hydrogen) atoms. The molecule has 0 aliphatic rings. The number of nitrogens with two attached hydrogens (primary N) is 1. The van der Waals surface area contributed by atoms with E-state index in [0.717, 1.165) is 10.9 Å². The molecule has 1 aromatic heterocycles. The van der Waals surface area contributed by atoms with E-state index in [0.29, 0.717) is 25.4 Å². The van der Waals surface area contributed by atoms with E-state index in [1.54, 1.807) is 22.8 Å². The molecule has 112 valence electrons. The molecular formula is C15H18N2O4. The number of carboxylic acids is 1. The number of pyridine rings is 1. The van der Waals surface area contributed by atoms with Crippen molar-refractivity contribution in [3.05, 3.63) is 40.2 Å². The van der Waals surface area contributed by atoms with Crippen molar-refractivity contribution < 1.29 is 14.6 Å². The molecule has 0 atom stereocenters. The molecule has 0 aliphatic heterocycles. The monoisotopic (exact) mass is 290 g/mol. The van der Waals surface area contributed by atoms with Gasteiger partial charge in [0.25, 0.3) is 5.56 Å². The molecule has 0 unspecified atom stereocenters. The third-order valence-electron chi connectivity index (χ3n) is 3.19. The van der Waals surface area contributed by atoms with E-state index in [2.05, 4.69) is 0 Å². The Balaban J connectivity index is 2.58. The Bertz CT molecular complexity index is 721. The van der Waals surface area contributed by atoms with E-state index >= 15 is 0 Å². The zero-order valence-electron chi connectivity index (χ0n) is 11.8. The normalized spacial score (nSPS) is 10.8. The van der Waals surface area contributed by atoms with Crippen LogP contribution in [-0.4, -0.2) is 28.8 Å². The Morgan fingerprint density at radius 1 is 1.38 bits per heavy atom. The number of benzene rings is 1. The summed E-state index contributed by atoms with van der Waals surface area (Å²) < 4.78 is 7.02. The highest BCUT2D eigenvalue weighted by Crippen LogP contribution is 2.21. The van der Waals surface area contributed by atoms with Gasteiger partial charge in [-0.2, -0.15) is 0 Å². The summed E-state index contributed by atoms with van der Waals surface area (Å²) in [5, 5.41) is 9.70. The van der Waals surface area contributed by atoms with Crippen molar-refractivity contribution >= 4 is 16.9 Å². The molecule has 3 N–H and O–H groups in total. The van der Waals surface area contributed by atoms with E-state index in [4.69, 9.17) is 15.6 Å². The van der Waals surface area contributed by atoms with Crippen LogP contribution in [0.2, 0.25) is 0 Å². The lowest BCUT2D eigenvalue weighted by molar-refractivity contribution is -0.136. The van der Waals surface area contributed by atoms with Gasteiger partial charge in [0.15, 0.2) is 0 Å². The van der Waals surface area contributed by atoms with E-state index in [9.17, 15) is 9.59 Å². The minimum absolute atomic E-state index is 0.275. The molecule has 2 rings (SSSR count). The Hall–Kier alpha value is -2.34. The van der Waals surface area contributed by atoms with Crippen molar-refractivity contribution in [2.24, 2.45) is 5.73 Å². The predicted octanol–water partition coefficient (Wildman–Crippen LogP) is 0.986. The number of fused-ring (bicyclic) bond motifs is 1. The highest BCUT2D eigenvalue weighted by atomic mass is 16.5. The smallest absolute Gasteiger partial charge is 0.308 e. The minimum atomic E-state index is -1.02. The molecule has 0 saturated carbocycles. The summed E-state index contributed by atoms with van der Waals surface area (Å²) in [6.07, 6.45) is -0.278. The first kappa shape index (κ1) is 15.1. The molecule has 6 heteroatoms. The number of nitrogens with zero attached hydrogens (tertiary/aromatic N) is 1. The van der Waals surface area contributed by atoms with E-state index in [1.165, 1.54) is 0 Å². The van der Waals surface area contributed by atoms with Gasteiger partial charge in [-0.1, -0.05) is 0 Å². The van der Waals surface area contributed by atoms with Gasteiger partial charge in [0.2, 0.25) is 0 Å². The molecule has 2 aromatic rings. The molecule has 6 nitrogen and oxygen atoms in total. The average Bonchev–Trinajstić information content (AvgIpc) is 2.45. The van der Waals surface area contributed by atoms with Gasteiger partial charge in [0.05, 0.1) is 11.9 Å². The third-order valence-corrected chi connectivity index (χ3v) is 3.19. The van der Waals surface area contributed by atoms with E-state index in [1.807, 2.05) is 13.0 Å². The molecule has 0 bridgehead atoms. The number of rotatable bonds is 6. The van der Waals surface area contributed by atoms with E-state index in [-0.39, 0.29) is 17.5 Å². The summed E-state index contributed by atoms with van der Waals surface area (Å²) >= 11 is 0. The van der Waals surface area contributed by atoms with Crippen molar-refractivity contribution in [3.63, 3.8) is 0 Å². The lowest BCUT2D eigenvalue weighted by Crippen LogP contribution is -2.25. The largest absolute Gasteiger partial charge is 0.492 e. The van der Waals surface area contributed by atoms with Crippen molar-refractivity contribution in [3.8, 4) is 5.75 Å². The average molecular weight is 290 g/mol. The maximum atomic E-state index is 12.3. The zero-order valence-corrected chi connectivity index (χ0v) is 11.8. The molecule has 0 aliphatic carbocycles. The highest BCUT2D eigenvalue weighted by Gasteiger charge is 2.12. The molecule has 0 radical (unpaired) electrons. The Morgan fingerprint density at radius 3 is 2.76 bits per heavy atom. The van der Waals surface area contributed by atoms with Crippen molar-refractivity contribution in [2.45, 2.75) is 19.9 Å². The number of aromatic nitrogens is 1. The second kappa shape index (κ2) is 6.41. The van der Waals surface area contributed by atoms with Crippen LogP contribution in [0.1, 0.15) is 12.5 Å². The highest BCUT2D eigenvalue weighted by molar-refractivity contribution is 5.82. The fourth-order valence-electron chi connectivity index (χ4n) is 2.28. The topological polar surface area (TPSA) is 94.5 Å². The van der Waals surface area contributed by atoms with Crippen LogP contribution in [0.15, 0.2) is 29.1 Å². The van der Waals surface area contributed by atoms with Gasteiger partial charge in [-0.05, 0) is 30.5 Å². The van der Waals surface area contributed by atoms with Crippen LogP contribution >= 0.6 is 0 Å². The van der Waals surface area contributed by atoms with Crippen LogP contribution in [0.25, 0.3) is 10.9 Å². The third kappa shape index (κ3) is 3.22. The van der Waals surface area contributed by atoms with Gasteiger partial charge in [0.1, 0.15) is 12.4 Å². The number of carbonyl (C=O) groups is 1. The Morgan fingerprint density at radius 2 is 2.14 bits per heavy atom. The fraction of sp³-hybridized carbons (Fsp3) is 0.333. The van der Waals surface area contributed by atoms with Crippen molar-refractivity contribution in [1.82, 2.24) is 4.57 Å². The lowest BCUT2D eigenvalue weighted by Gasteiger charge is -2.12. The summed E-state index contributed by atoms with van der Waals surface area (Å²) in [5.41, 5.74) is 6.14. The van der Waals surface area contributed by atoms with Gasteiger partial charge in [-0.25, -0.2) is 0 Å². The molecule has 0 fully saturated rings. The molecular weight excluding hydrogens is 272 g/mol. The summed E-state index contributed by atoms with van der Waals surface area (Å²) in [7, 11) is 0. The van der Waals surface area contributed by atoms with Crippen molar-refractivity contribution in [2.75, 3.05) is 13.2 Å². The van der Waals surface area contributed by atoms with Gasteiger partial charge >= 0.3 is 5.97 Å². The van der Waals surface area contributed by atoms with Crippen molar-refractivity contribution in [1.29, 1.82) is 0 Å². The first-order valence-electron chi connectivity index (χ1n) is 6.78. The molecule has 0 spiro atoms. The lowest BCUT2D eigenvalue weighted by atomic mass is 10.1. The Kier molecular flexibility index (Phi) is 4.59. The first-order chi connectivity index (χ1) is 10.1. The second-order valence-corrected chi connectivity index (χ2v) is 4.65. The summed E-state index contributed by atoms with van der Waals surface area (Å²) in [6.45, 7) is 3.12. The number of ether oxygens (including phenoxy) is 1. The summed E-state index contributed by atoms with van der Waals surface area (Å²) in [4.78, 5) is 23.2. The quantitative estimate of drug-likeness (QED) is 0.827. The van der Waals surface area contributed by atoms with Gasteiger partial charge in [0, 0.05) is 24.7 Å².